The second kappa shape index (κ2) is 5.71. The maximum atomic E-state index is 10.0. The van der Waals surface area contributed by atoms with Crippen molar-refractivity contribution in [2.24, 2.45) is 0 Å². The van der Waals surface area contributed by atoms with Gasteiger partial charge in [0.05, 0.1) is 18.5 Å². The summed E-state index contributed by atoms with van der Waals surface area (Å²) in [5.41, 5.74) is 2.34. The van der Waals surface area contributed by atoms with Gasteiger partial charge in [-0.2, -0.15) is 4.98 Å². The minimum atomic E-state index is -0.691. The van der Waals surface area contributed by atoms with Gasteiger partial charge in [0.15, 0.2) is 11.2 Å². The van der Waals surface area contributed by atoms with Gasteiger partial charge in [0.2, 0.25) is 0 Å². The number of ether oxygens (including phenoxy) is 1. The molecular formula is C16H15N7O3. The zero-order valence-electron chi connectivity index (χ0n) is 14.5. The van der Waals surface area contributed by atoms with Gasteiger partial charge in [-0.25, -0.2) is 9.97 Å². The van der Waals surface area contributed by atoms with Gasteiger partial charge in [-0.05, 0) is 24.2 Å². The van der Waals surface area contributed by atoms with Gasteiger partial charge in [0.25, 0.3) is 5.88 Å². The summed E-state index contributed by atoms with van der Waals surface area (Å²) in [6.07, 6.45) is 1.63. The van der Waals surface area contributed by atoms with Gasteiger partial charge in [0, 0.05) is 7.79 Å². The first-order chi connectivity index (χ1) is 13.2. The highest BCUT2D eigenvalue weighted by molar-refractivity contribution is 5.77. The van der Waals surface area contributed by atoms with Crippen molar-refractivity contribution in [3.8, 4) is 5.88 Å². The normalized spacial score (nSPS) is 23.6. The molecule has 132 valence electrons. The fraction of sp³-hybridized carbons (Fsp3) is 0.312. The van der Waals surface area contributed by atoms with E-state index in [0.29, 0.717) is 28.6 Å². The number of aromatic nitrogens is 7. The number of benzene rings is 1. The first-order valence-electron chi connectivity index (χ1n) is 8.74. The van der Waals surface area contributed by atoms with E-state index in [1.54, 1.807) is 10.9 Å². The first kappa shape index (κ1) is 14.1. The molecule has 1 aromatic carbocycles. The lowest BCUT2D eigenvalue weighted by atomic mass is 10.2. The van der Waals surface area contributed by atoms with Crippen LogP contribution >= 0.6 is 0 Å². The Morgan fingerprint density at radius 3 is 3.12 bits per heavy atom. The van der Waals surface area contributed by atoms with Crippen LogP contribution in [0.15, 0.2) is 36.9 Å². The maximum absolute atomic E-state index is 10.0. The quantitative estimate of drug-likeness (QED) is 0.581. The summed E-state index contributed by atoms with van der Waals surface area (Å²) < 4.78 is 14.9. The third kappa shape index (κ3) is 2.30. The highest BCUT2D eigenvalue weighted by Crippen LogP contribution is 2.31. The summed E-state index contributed by atoms with van der Waals surface area (Å²) in [6, 6.07) is 7.40. The second-order valence-corrected chi connectivity index (χ2v) is 5.98. The number of fused-ring (bicyclic) bond motifs is 2. The number of nitrogens with zero attached hydrogens (tertiary/aromatic N) is 7. The number of hydrogen-bond donors (Lipinski definition) is 1. The number of hydrogen-bond acceptors (Lipinski definition) is 8. The van der Waals surface area contributed by atoms with E-state index < -0.39 is 18.4 Å². The van der Waals surface area contributed by atoms with Crippen LogP contribution in [0.3, 0.4) is 0 Å². The average Bonchev–Trinajstić information content (AvgIpc) is 3.39. The lowest BCUT2D eigenvalue weighted by Crippen LogP contribution is -2.15. The summed E-state index contributed by atoms with van der Waals surface area (Å²) >= 11 is 0. The van der Waals surface area contributed by atoms with Crippen LogP contribution in [0.2, 0.25) is 0 Å². The lowest BCUT2D eigenvalue weighted by molar-refractivity contribution is -0.00633. The zero-order chi connectivity index (χ0) is 18.4. The first-order valence-corrected chi connectivity index (χ1v) is 8.03. The van der Waals surface area contributed by atoms with E-state index in [0.717, 1.165) is 0 Å². The van der Waals surface area contributed by atoms with Crippen LogP contribution in [-0.4, -0.2) is 52.0 Å². The van der Waals surface area contributed by atoms with E-state index in [9.17, 15) is 5.11 Å². The number of aliphatic hydroxyl groups excluding tert-OH is 1. The fourth-order valence-electron chi connectivity index (χ4n) is 2.99. The van der Waals surface area contributed by atoms with Crippen molar-refractivity contribution in [2.75, 3.05) is 0 Å². The molecule has 0 spiro atoms. The summed E-state index contributed by atoms with van der Waals surface area (Å²) in [7, 11) is 0. The maximum Gasteiger partial charge on any atom is 0.280 e. The molecule has 0 saturated carbocycles. The number of para-hydroxylation sites is 1. The van der Waals surface area contributed by atoms with Crippen molar-refractivity contribution in [1.82, 2.24) is 34.7 Å². The van der Waals surface area contributed by atoms with E-state index in [2.05, 4.69) is 25.3 Å². The molecule has 3 atom stereocenters. The van der Waals surface area contributed by atoms with Crippen LogP contribution in [0.5, 0.6) is 5.88 Å². The highest BCUT2D eigenvalue weighted by Gasteiger charge is 2.33. The third-order valence-electron chi connectivity index (χ3n) is 4.33. The number of rotatable bonds is 3. The molecule has 10 heteroatoms. The van der Waals surface area contributed by atoms with Crippen molar-refractivity contribution >= 4 is 22.2 Å². The molecule has 1 fully saturated rings. The fourth-order valence-corrected chi connectivity index (χ4v) is 2.99. The van der Waals surface area contributed by atoms with Crippen LogP contribution in [0, 0.1) is 0 Å². The summed E-state index contributed by atoms with van der Waals surface area (Å²) in [6.45, 7) is -0.00693. The van der Waals surface area contributed by atoms with Gasteiger partial charge in [-0.15, -0.1) is 5.10 Å². The monoisotopic (exact) mass is 354 g/mol. The molecule has 5 rings (SSSR count). The molecule has 3 aromatic heterocycles. The van der Waals surface area contributed by atoms with Gasteiger partial charge in [0.1, 0.15) is 23.6 Å². The summed E-state index contributed by atoms with van der Waals surface area (Å²) in [5.74, 6) is 0.227. The molecule has 26 heavy (non-hydrogen) atoms. The summed E-state index contributed by atoms with van der Waals surface area (Å²) in [5, 5.41) is 18.0. The Balaban J connectivity index is 1.51. The van der Waals surface area contributed by atoms with Crippen molar-refractivity contribution in [3.05, 3.63) is 36.9 Å². The van der Waals surface area contributed by atoms with Crippen molar-refractivity contribution in [1.29, 1.82) is 0 Å². The Labute approximate surface area is 148 Å². The predicted octanol–water partition coefficient (Wildman–Crippen LogP) is 1.08. The molecule has 10 nitrogen and oxygen atoms in total. The molecule has 0 aliphatic carbocycles. The zero-order valence-corrected chi connectivity index (χ0v) is 13.5. The third-order valence-corrected chi connectivity index (χ3v) is 4.33. The molecular weight excluding hydrogens is 338 g/mol. The Hall–Kier alpha value is -3.11. The van der Waals surface area contributed by atoms with Gasteiger partial charge in [-0.3, -0.25) is 4.57 Å². The van der Waals surface area contributed by atoms with Gasteiger partial charge >= 0.3 is 0 Å². The van der Waals surface area contributed by atoms with Crippen LogP contribution in [0.4, 0.5) is 0 Å². The van der Waals surface area contributed by atoms with E-state index in [1.165, 1.54) is 11.2 Å². The minimum absolute atomic E-state index is 0.00693. The second-order valence-electron chi connectivity index (χ2n) is 5.98. The SMILES string of the molecule is [2H]C[C@H]1O[C@@H](n2cnc3c(On4nnc5ccccc54)ncnc32)CC1O. The standard InChI is InChI=1S/C16H15N7O3/c1-9-12(24)6-13(25-9)22-8-19-14-15(22)17-7-18-16(14)26-23-11-5-3-2-4-10(11)20-21-23/h2-5,7-9,12-13,24H,6H2,1H3/t9-,12?,13-/m1/s1/i1D. The number of imidazole rings is 1. The van der Waals surface area contributed by atoms with Crippen LogP contribution < -0.4 is 4.84 Å². The Kier molecular flexibility index (Phi) is 3.10. The van der Waals surface area contributed by atoms with Crippen LogP contribution in [0.25, 0.3) is 22.2 Å². The molecule has 0 bridgehead atoms. The molecule has 1 aliphatic heterocycles. The minimum Gasteiger partial charge on any atom is -0.390 e. The lowest BCUT2D eigenvalue weighted by Gasteiger charge is -2.12. The average molecular weight is 354 g/mol. The Morgan fingerprint density at radius 2 is 2.23 bits per heavy atom. The molecule has 4 heterocycles. The van der Waals surface area contributed by atoms with E-state index in [4.69, 9.17) is 10.9 Å². The van der Waals surface area contributed by atoms with E-state index >= 15 is 0 Å². The van der Waals surface area contributed by atoms with Crippen molar-refractivity contribution in [2.45, 2.75) is 31.8 Å². The molecule has 0 radical (unpaired) electrons. The largest absolute Gasteiger partial charge is 0.390 e. The number of aliphatic hydroxyl groups is 1. The van der Waals surface area contributed by atoms with Crippen molar-refractivity contribution < 1.29 is 16.1 Å². The molecule has 4 aromatic rings. The molecule has 0 amide bonds. The Bertz CT molecular complexity index is 1110. The van der Waals surface area contributed by atoms with Gasteiger partial charge < -0.3 is 14.7 Å². The van der Waals surface area contributed by atoms with E-state index in [1.807, 2.05) is 24.3 Å². The highest BCUT2D eigenvalue weighted by atomic mass is 16.7. The Morgan fingerprint density at radius 1 is 1.31 bits per heavy atom. The van der Waals surface area contributed by atoms with E-state index in [-0.39, 0.29) is 12.8 Å². The smallest absolute Gasteiger partial charge is 0.280 e. The topological polar surface area (TPSA) is 113 Å². The molecule has 1 aliphatic rings. The van der Waals surface area contributed by atoms with Crippen LogP contribution in [-0.2, 0) is 4.74 Å². The summed E-state index contributed by atoms with van der Waals surface area (Å²) in [4.78, 5) is 19.8. The molecule has 1 saturated heterocycles. The molecule has 1 N–H and O–H groups in total. The predicted molar refractivity (Wildman–Crippen MR) is 89.1 cm³/mol. The van der Waals surface area contributed by atoms with Crippen molar-refractivity contribution in [3.63, 3.8) is 0 Å². The molecule has 1 unspecified atom stereocenters. The van der Waals surface area contributed by atoms with Crippen LogP contribution in [0.1, 0.15) is 20.9 Å². The van der Waals surface area contributed by atoms with Gasteiger partial charge in [-0.1, -0.05) is 17.0 Å².